The van der Waals surface area contributed by atoms with Gasteiger partial charge >= 0.3 is 0 Å². The molecule has 4 nitrogen and oxygen atoms in total. The molecule has 0 radical (unpaired) electrons. The number of methoxy groups -OCH3 is 2. The van der Waals surface area contributed by atoms with Gasteiger partial charge in [-0.25, -0.2) is 4.39 Å². The van der Waals surface area contributed by atoms with E-state index in [0.717, 1.165) is 0 Å². The van der Waals surface area contributed by atoms with Crippen molar-refractivity contribution in [2.45, 2.75) is 0 Å². The molecular formula is C17H15ClFNO3. The first-order valence-electron chi connectivity index (χ1n) is 6.69. The minimum Gasteiger partial charge on any atom is -0.497 e. The van der Waals surface area contributed by atoms with E-state index in [2.05, 4.69) is 5.32 Å². The molecule has 23 heavy (non-hydrogen) atoms. The van der Waals surface area contributed by atoms with Gasteiger partial charge in [0.2, 0.25) is 5.91 Å². The van der Waals surface area contributed by atoms with Gasteiger partial charge in [0, 0.05) is 17.3 Å². The zero-order chi connectivity index (χ0) is 16.8. The Kier molecular flexibility index (Phi) is 5.60. The van der Waals surface area contributed by atoms with E-state index in [-0.39, 0.29) is 10.9 Å². The first-order chi connectivity index (χ1) is 11.0. The van der Waals surface area contributed by atoms with Gasteiger partial charge in [0.15, 0.2) is 0 Å². The van der Waals surface area contributed by atoms with Crippen molar-refractivity contribution in [2.24, 2.45) is 0 Å². The number of halogens is 2. The van der Waals surface area contributed by atoms with E-state index >= 15 is 0 Å². The van der Waals surface area contributed by atoms with Crippen LogP contribution in [0, 0.1) is 5.82 Å². The second-order valence-electron chi connectivity index (χ2n) is 4.56. The molecule has 2 aromatic carbocycles. The molecule has 0 aliphatic heterocycles. The van der Waals surface area contributed by atoms with E-state index in [4.69, 9.17) is 21.1 Å². The number of hydrogen-bond donors (Lipinski definition) is 1. The summed E-state index contributed by atoms with van der Waals surface area (Å²) in [6.45, 7) is 0. The van der Waals surface area contributed by atoms with Crippen molar-refractivity contribution in [2.75, 3.05) is 19.5 Å². The predicted octanol–water partition coefficient (Wildman–Crippen LogP) is 4.15. The number of hydrogen-bond acceptors (Lipinski definition) is 3. The van der Waals surface area contributed by atoms with E-state index in [0.29, 0.717) is 22.7 Å². The summed E-state index contributed by atoms with van der Waals surface area (Å²) in [6.07, 6.45) is 2.94. The molecule has 0 fully saturated rings. The molecule has 6 heteroatoms. The number of carbonyl (C=O) groups is 1. The Labute approximate surface area is 138 Å². The van der Waals surface area contributed by atoms with Crippen LogP contribution in [0.4, 0.5) is 10.1 Å². The van der Waals surface area contributed by atoms with Crippen molar-refractivity contribution in [3.63, 3.8) is 0 Å². The normalized spacial score (nSPS) is 10.6. The maximum Gasteiger partial charge on any atom is 0.248 e. The largest absolute Gasteiger partial charge is 0.497 e. The Balaban J connectivity index is 2.13. The second kappa shape index (κ2) is 7.65. The molecule has 0 saturated carbocycles. The fourth-order valence-corrected chi connectivity index (χ4v) is 2.07. The van der Waals surface area contributed by atoms with Crippen LogP contribution in [0.5, 0.6) is 11.5 Å². The molecule has 0 saturated heterocycles. The fraction of sp³-hybridized carbons (Fsp3) is 0.118. The molecule has 2 rings (SSSR count). The van der Waals surface area contributed by atoms with Crippen LogP contribution >= 0.6 is 11.6 Å². The van der Waals surface area contributed by atoms with E-state index < -0.39 is 5.82 Å². The molecule has 0 heterocycles. The molecule has 120 valence electrons. The fourth-order valence-electron chi connectivity index (χ4n) is 1.89. The van der Waals surface area contributed by atoms with Gasteiger partial charge in [-0.1, -0.05) is 11.6 Å². The molecule has 0 atom stereocenters. The average Bonchev–Trinajstić information content (AvgIpc) is 2.56. The molecular weight excluding hydrogens is 321 g/mol. The van der Waals surface area contributed by atoms with Gasteiger partial charge in [-0.15, -0.1) is 0 Å². The highest BCUT2D eigenvalue weighted by atomic mass is 35.5. The molecule has 0 unspecified atom stereocenters. The van der Waals surface area contributed by atoms with Crippen LogP contribution in [0.3, 0.4) is 0 Å². The SMILES string of the molecule is COc1ccc(OC)c(/C=C/C(=O)Nc2ccc(F)c(Cl)c2)c1. The van der Waals surface area contributed by atoms with Crippen LogP contribution in [0.1, 0.15) is 5.56 Å². The lowest BCUT2D eigenvalue weighted by atomic mass is 10.1. The molecule has 1 N–H and O–H groups in total. The average molecular weight is 336 g/mol. The number of nitrogens with one attached hydrogen (secondary N) is 1. The van der Waals surface area contributed by atoms with Crippen molar-refractivity contribution in [3.8, 4) is 11.5 Å². The third-order valence-electron chi connectivity index (χ3n) is 3.04. The first-order valence-corrected chi connectivity index (χ1v) is 7.07. The van der Waals surface area contributed by atoms with Crippen LogP contribution < -0.4 is 14.8 Å². The molecule has 1 amide bonds. The number of carbonyl (C=O) groups excluding carboxylic acids is 1. The maximum atomic E-state index is 13.1. The van der Waals surface area contributed by atoms with Crippen LogP contribution in [0.15, 0.2) is 42.5 Å². The van der Waals surface area contributed by atoms with Crippen molar-refractivity contribution < 1.29 is 18.7 Å². The summed E-state index contributed by atoms with van der Waals surface area (Å²) >= 11 is 5.67. The third kappa shape index (κ3) is 4.47. The summed E-state index contributed by atoms with van der Waals surface area (Å²) in [6, 6.07) is 9.21. The zero-order valence-electron chi connectivity index (χ0n) is 12.6. The van der Waals surface area contributed by atoms with E-state index in [1.165, 1.54) is 24.3 Å². The van der Waals surface area contributed by atoms with Gasteiger partial charge in [-0.2, -0.15) is 0 Å². The highest BCUT2D eigenvalue weighted by Crippen LogP contribution is 2.25. The van der Waals surface area contributed by atoms with Gasteiger partial charge in [-0.3, -0.25) is 4.79 Å². The molecule has 0 bridgehead atoms. The highest BCUT2D eigenvalue weighted by molar-refractivity contribution is 6.31. The summed E-state index contributed by atoms with van der Waals surface area (Å²) in [7, 11) is 3.10. The zero-order valence-corrected chi connectivity index (χ0v) is 13.4. The van der Waals surface area contributed by atoms with Crippen LogP contribution in [0.25, 0.3) is 6.08 Å². The maximum absolute atomic E-state index is 13.1. The van der Waals surface area contributed by atoms with Crippen LogP contribution in [-0.2, 0) is 4.79 Å². The highest BCUT2D eigenvalue weighted by Gasteiger charge is 2.05. The van der Waals surface area contributed by atoms with Crippen molar-refractivity contribution in [1.82, 2.24) is 0 Å². The van der Waals surface area contributed by atoms with Gasteiger partial charge in [-0.05, 0) is 42.5 Å². The quantitative estimate of drug-likeness (QED) is 0.835. The standard InChI is InChI=1S/C17H15ClFNO3/c1-22-13-5-7-16(23-2)11(9-13)3-8-17(21)20-12-4-6-15(19)14(18)10-12/h3-10H,1-2H3,(H,20,21)/b8-3+. The third-order valence-corrected chi connectivity index (χ3v) is 3.33. The summed E-state index contributed by atoms with van der Waals surface area (Å²) in [4.78, 5) is 11.9. The lowest BCUT2D eigenvalue weighted by Crippen LogP contribution is -2.07. The molecule has 0 aliphatic carbocycles. The summed E-state index contributed by atoms with van der Waals surface area (Å²) in [5.74, 6) is 0.342. The topological polar surface area (TPSA) is 47.6 Å². The summed E-state index contributed by atoms with van der Waals surface area (Å²) in [5.41, 5.74) is 1.10. The van der Waals surface area contributed by atoms with Crippen molar-refractivity contribution in [3.05, 3.63) is 58.9 Å². The predicted molar refractivity (Wildman–Crippen MR) is 88.6 cm³/mol. The number of rotatable bonds is 5. The smallest absolute Gasteiger partial charge is 0.248 e. The Morgan fingerprint density at radius 2 is 1.96 bits per heavy atom. The van der Waals surface area contributed by atoms with E-state index in [1.807, 2.05) is 0 Å². The molecule has 0 aromatic heterocycles. The monoisotopic (exact) mass is 335 g/mol. The van der Waals surface area contributed by atoms with E-state index in [1.54, 1.807) is 38.5 Å². The Bertz CT molecular complexity index is 747. The second-order valence-corrected chi connectivity index (χ2v) is 4.97. The lowest BCUT2D eigenvalue weighted by Gasteiger charge is -2.07. The summed E-state index contributed by atoms with van der Waals surface area (Å²) in [5, 5.41) is 2.54. The van der Waals surface area contributed by atoms with Gasteiger partial charge in [0.25, 0.3) is 0 Å². The summed E-state index contributed by atoms with van der Waals surface area (Å²) < 4.78 is 23.4. The number of anilines is 1. The molecule has 0 aliphatic rings. The number of amides is 1. The molecule has 0 spiro atoms. The Morgan fingerprint density at radius 1 is 1.17 bits per heavy atom. The van der Waals surface area contributed by atoms with E-state index in [9.17, 15) is 9.18 Å². The van der Waals surface area contributed by atoms with Gasteiger partial charge in [0.05, 0.1) is 19.2 Å². The molecule has 2 aromatic rings. The van der Waals surface area contributed by atoms with Gasteiger partial charge < -0.3 is 14.8 Å². The van der Waals surface area contributed by atoms with Gasteiger partial charge in [0.1, 0.15) is 17.3 Å². The number of benzene rings is 2. The van der Waals surface area contributed by atoms with Crippen molar-refractivity contribution >= 4 is 29.3 Å². The minimum absolute atomic E-state index is 0.0544. The first kappa shape index (κ1) is 16.8. The minimum atomic E-state index is -0.540. The number of ether oxygens (including phenoxy) is 2. The Hall–Kier alpha value is -2.53. The van der Waals surface area contributed by atoms with Crippen LogP contribution in [-0.4, -0.2) is 20.1 Å². The van der Waals surface area contributed by atoms with Crippen LogP contribution in [0.2, 0.25) is 5.02 Å². The Morgan fingerprint density at radius 3 is 2.61 bits per heavy atom. The van der Waals surface area contributed by atoms with Crippen molar-refractivity contribution in [1.29, 1.82) is 0 Å². The lowest BCUT2D eigenvalue weighted by molar-refractivity contribution is -0.111.